The molecule has 0 saturated carbocycles. The van der Waals surface area contributed by atoms with Gasteiger partial charge in [0.05, 0.1) is 12.7 Å². The Labute approximate surface area is 52.9 Å². The van der Waals surface area contributed by atoms with Crippen molar-refractivity contribution >= 4 is 0 Å². The molecule has 2 bridgehead atoms. The smallest absolute Gasteiger partial charge is 0.160 e. The Morgan fingerprint density at radius 3 is 3.11 bits per heavy atom. The van der Waals surface area contributed by atoms with E-state index in [1.165, 1.54) is 0 Å². The van der Waals surface area contributed by atoms with E-state index in [2.05, 4.69) is 0 Å². The number of hydrogen-bond donors (Lipinski definition) is 0. The van der Waals surface area contributed by atoms with E-state index >= 15 is 0 Å². The highest BCUT2D eigenvalue weighted by Crippen LogP contribution is 2.40. The molecule has 0 radical (unpaired) electrons. The molecule has 0 N–H and O–H groups in total. The van der Waals surface area contributed by atoms with Crippen molar-refractivity contribution in [1.82, 2.24) is 0 Å². The molecule has 3 fully saturated rings. The lowest BCUT2D eigenvalue weighted by Crippen LogP contribution is -2.26. The first-order chi connectivity index (χ1) is 4.43. The molecule has 0 aromatic rings. The summed E-state index contributed by atoms with van der Waals surface area (Å²) in [6.07, 6.45) is 2.11. The van der Waals surface area contributed by atoms with Crippen LogP contribution in [-0.4, -0.2) is 31.2 Å². The second-order valence-electron chi connectivity index (χ2n) is 2.81. The van der Waals surface area contributed by atoms with E-state index in [-0.39, 0.29) is 12.4 Å². The molecule has 4 atom stereocenters. The van der Waals surface area contributed by atoms with Gasteiger partial charge >= 0.3 is 0 Å². The van der Waals surface area contributed by atoms with Gasteiger partial charge in [0.2, 0.25) is 0 Å². The van der Waals surface area contributed by atoms with E-state index in [1.807, 2.05) is 0 Å². The Morgan fingerprint density at radius 2 is 2.11 bits per heavy atom. The molecule has 3 heterocycles. The Bertz CT molecular complexity index is 145. The molecular formula is C6H8O3. The van der Waals surface area contributed by atoms with Crippen LogP contribution in [0.5, 0.6) is 0 Å². The molecule has 3 rings (SSSR count). The summed E-state index contributed by atoms with van der Waals surface area (Å²) < 4.78 is 16.0. The van der Waals surface area contributed by atoms with Gasteiger partial charge in [0.15, 0.2) is 6.29 Å². The molecule has 0 aliphatic carbocycles. The van der Waals surface area contributed by atoms with Crippen molar-refractivity contribution in [3.05, 3.63) is 0 Å². The van der Waals surface area contributed by atoms with Gasteiger partial charge in [-0.3, -0.25) is 0 Å². The highest BCUT2D eigenvalue weighted by molar-refractivity contribution is 4.98. The molecule has 3 saturated heterocycles. The van der Waals surface area contributed by atoms with E-state index in [1.54, 1.807) is 0 Å². The summed E-state index contributed by atoms with van der Waals surface area (Å²) in [7, 11) is 0. The molecular weight excluding hydrogens is 120 g/mol. The molecule has 9 heavy (non-hydrogen) atoms. The van der Waals surface area contributed by atoms with Crippen LogP contribution in [0.15, 0.2) is 0 Å². The zero-order valence-electron chi connectivity index (χ0n) is 4.95. The normalized spacial score (nSPS) is 61.3. The van der Waals surface area contributed by atoms with Gasteiger partial charge in [0.25, 0.3) is 0 Å². The summed E-state index contributed by atoms with van der Waals surface area (Å²) in [6, 6.07) is 0. The van der Waals surface area contributed by atoms with Crippen LogP contribution >= 0.6 is 0 Å². The summed E-state index contributed by atoms with van der Waals surface area (Å²) in [5.41, 5.74) is 0. The van der Waals surface area contributed by atoms with E-state index < -0.39 is 0 Å². The molecule has 3 aliphatic rings. The summed E-state index contributed by atoms with van der Waals surface area (Å²) >= 11 is 0. The topological polar surface area (TPSA) is 31.0 Å². The van der Waals surface area contributed by atoms with Crippen LogP contribution < -0.4 is 0 Å². The Balaban J connectivity index is 1.90. The van der Waals surface area contributed by atoms with Crippen LogP contribution in [0, 0.1) is 0 Å². The lowest BCUT2D eigenvalue weighted by atomic mass is 10.1. The Morgan fingerprint density at radius 1 is 1.11 bits per heavy atom. The Hall–Kier alpha value is -0.120. The van der Waals surface area contributed by atoms with Gasteiger partial charge in [-0.05, 0) is 0 Å². The first-order valence-corrected chi connectivity index (χ1v) is 3.36. The molecule has 3 nitrogen and oxygen atoms in total. The van der Waals surface area contributed by atoms with Crippen molar-refractivity contribution in [2.75, 3.05) is 6.61 Å². The van der Waals surface area contributed by atoms with Gasteiger partial charge in [-0.15, -0.1) is 0 Å². The van der Waals surface area contributed by atoms with Crippen molar-refractivity contribution in [2.24, 2.45) is 0 Å². The fourth-order valence-corrected chi connectivity index (χ4v) is 1.63. The fourth-order valence-electron chi connectivity index (χ4n) is 1.63. The van der Waals surface area contributed by atoms with Gasteiger partial charge in [-0.25, -0.2) is 0 Å². The minimum Gasteiger partial charge on any atom is -0.366 e. The Kier molecular flexibility index (Phi) is 0.678. The standard InChI is InChI=1S/C6H8O3/c1-3-6(9-3)4-2-7-5(1)8-4/h3-6H,1-2H2/t3-,4-,5-,6-/m0/s1. The predicted molar refractivity (Wildman–Crippen MR) is 27.9 cm³/mol. The van der Waals surface area contributed by atoms with E-state index in [4.69, 9.17) is 14.2 Å². The van der Waals surface area contributed by atoms with Gasteiger partial charge < -0.3 is 14.2 Å². The summed E-state index contributed by atoms with van der Waals surface area (Å²) in [5.74, 6) is 0. The SMILES string of the molecule is C1O[C@@H]2C[C@@H]3O[C@@H]3[C@H]1O2. The number of rotatable bonds is 0. The average Bonchev–Trinajstić information content (AvgIpc) is 2.50. The van der Waals surface area contributed by atoms with E-state index in [0.717, 1.165) is 13.0 Å². The summed E-state index contributed by atoms with van der Waals surface area (Å²) in [4.78, 5) is 0. The molecule has 0 aromatic carbocycles. The highest BCUT2D eigenvalue weighted by atomic mass is 16.8. The molecule has 50 valence electrons. The van der Waals surface area contributed by atoms with Gasteiger partial charge in [-0.2, -0.15) is 0 Å². The van der Waals surface area contributed by atoms with Crippen LogP contribution in [0.25, 0.3) is 0 Å². The van der Waals surface area contributed by atoms with Crippen LogP contribution in [0.2, 0.25) is 0 Å². The third kappa shape index (κ3) is 0.520. The monoisotopic (exact) mass is 128 g/mol. The molecule has 0 aromatic heterocycles. The zero-order chi connectivity index (χ0) is 5.84. The minimum absolute atomic E-state index is 0.0544. The summed E-state index contributed by atoms with van der Waals surface area (Å²) in [5, 5.41) is 0. The molecule has 0 spiro atoms. The van der Waals surface area contributed by atoms with Crippen molar-refractivity contribution in [3.63, 3.8) is 0 Å². The maximum Gasteiger partial charge on any atom is 0.160 e. The molecule has 3 heteroatoms. The first-order valence-electron chi connectivity index (χ1n) is 3.36. The number of hydrogen-bond acceptors (Lipinski definition) is 3. The first kappa shape index (κ1) is 4.66. The fraction of sp³-hybridized carbons (Fsp3) is 1.00. The lowest BCUT2D eigenvalue weighted by molar-refractivity contribution is -0.0725. The maximum atomic E-state index is 5.40. The minimum atomic E-state index is 0.0544. The summed E-state index contributed by atoms with van der Waals surface area (Å²) in [6.45, 7) is 0.742. The predicted octanol–water partition coefficient (Wildman–Crippen LogP) is -0.101. The second-order valence-corrected chi connectivity index (χ2v) is 2.81. The number of ether oxygens (including phenoxy) is 3. The van der Waals surface area contributed by atoms with Crippen molar-refractivity contribution in [2.45, 2.75) is 31.0 Å². The van der Waals surface area contributed by atoms with E-state index in [0.29, 0.717) is 12.2 Å². The van der Waals surface area contributed by atoms with Crippen molar-refractivity contribution < 1.29 is 14.2 Å². The zero-order valence-corrected chi connectivity index (χ0v) is 4.95. The molecule has 3 aliphatic heterocycles. The van der Waals surface area contributed by atoms with Crippen LogP contribution in [0.4, 0.5) is 0 Å². The lowest BCUT2D eigenvalue weighted by Gasteiger charge is -2.12. The van der Waals surface area contributed by atoms with Crippen LogP contribution in [0.3, 0.4) is 0 Å². The van der Waals surface area contributed by atoms with Crippen LogP contribution in [-0.2, 0) is 14.2 Å². The van der Waals surface area contributed by atoms with Gasteiger partial charge in [-0.1, -0.05) is 0 Å². The highest BCUT2D eigenvalue weighted by Gasteiger charge is 2.55. The maximum absolute atomic E-state index is 5.40. The third-order valence-corrected chi connectivity index (χ3v) is 2.19. The van der Waals surface area contributed by atoms with Gasteiger partial charge in [0, 0.05) is 6.42 Å². The molecule has 0 amide bonds. The van der Waals surface area contributed by atoms with E-state index in [9.17, 15) is 0 Å². The quantitative estimate of drug-likeness (QED) is 0.427. The largest absolute Gasteiger partial charge is 0.366 e. The second kappa shape index (κ2) is 1.31. The third-order valence-electron chi connectivity index (χ3n) is 2.19. The van der Waals surface area contributed by atoms with Crippen molar-refractivity contribution in [3.8, 4) is 0 Å². The van der Waals surface area contributed by atoms with Crippen LogP contribution in [0.1, 0.15) is 6.42 Å². The number of epoxide rings is 1. The average molecular weight is 128 g/mol. The van der Waals surface area contributed by atoms with Crippen molar-refractivity contribution in [1.29, 1.82) is 0 Å². The molecule has 0 unspecified atom stereocenters. The number of fused-ring (bicyclic) bond motifs is 4. The van der Waals surface area contributed by atoms with Gasteiger partial charge in [0.1, 0.15) is 12.2 Å².